The Hall–Kier alpha value is -1.38. The van der Waals surface area contributed by atoms with Gasteiger partial charge in [-0.25, -0.2) is 4.98 Å². The van der Waals surface area contributed by atoms with Gasteiger partial charge < -0.3 is 5.32 Å². The monoisotopic (exact) mass is 246 g/mol. The molecule has 88 valence electrons. The molecule has 0 bridgehead atoms. The molecular weight excluding hydrogens is 232 g/mol. The predicted molar refractivity (Wildman–Crippen MR) is 74.5 cm³/mol. The minimum atomic E-state index is 0. The van der Waals surface area contributed by atoms with Crippen molar-refractivity contribution in [3.63, 3.8) is 0 Å². The van der Waals surface area contributed by atoms with Gasteiger partial charge in [0.05, 0.1) is 11.2 Å². The van der Waals surface area contributed by atoms with Crippen LogP contribution in [0.1, 0.15) is 12.1 Å². The Labute approximate surface area is 107 Å². The first-order valence-corrected chi connectivity index (χ1v) is 5.69. The molecule has 1 aliphatic heterocycles. The Morgan fingerprint density at radius 1 is 1.06 bits per heavy atom. The molecule has 1 aromatic carbocycles. The van der Waals surface area contributed by atoms with Crippen LogP contribution in [-0.4, -0.2) is 18.1 Å². The molecule has 17 heavy (non-hydrogen) atoms. The van der Waals surface area contributed by atoms with Gasteiger partial charge in [0.25, 0.3) is 0 Å². The van der Waals surface area contributed by atoms with E-state index in [0.29, 0.717) is 0 Å². The number of halogens is 1. The number of rotatable bonds is 1. The molecule has 1 N–H and O–H groups in total. The van der Waals surface area contributed by atoms with Gasteiger partial charge in [0.2, 0.25) is 0 Å². The molecule has 0 spiro atoms. The van der Waals surface area contributed by atoms with Crippen LogP contribution >= 0.6 is 12.4 Å². The third-order valence-corrected chi connectivity index (χ3v) is 2.99. The standard InChI is InChI=1S/C14H14N2.ClH/c1-2-4-13-11(3-1)5-6-14(16-13)12-7-9-15-10-8-12;/h1-7,15H,8-10H2;1H. The van der Waals surface area contributed by atoms with E-state index in [0.717, 1.165) is 30.7 Å². The summed E-state index contributed by atoms with van der Waals surface area (Å²) >= 11 is 0. The number of hydrogen-bond donors (Lipinski definition) is 1. The van der Waals surface area contributed by atoms with Gasteiger partial charge in [-0.15, -0.1) is 12.4 Å². The second kappa shape index (κ2) is 5.30. The molecule has 0 fully saturated rings. The highest BCUT2D eigenvalue weighted by Gasteiger charge is 2.07. The van der Waals surface area contributed by atoms with Crippen LogP contribution in [0.4, 0.5) is 0 Å². The molecule has 0 saturated carbocycles. The van der Waals surface area contributed by atoms with Crippen molar-refractivity contribution in [3.8, 4) is 0 Å². The Morgan fingerprint density at radius 3 is 2.76 bits per heavy atom. The lowest BCUT2D eigenvalue weighted by Crippen LogP contribution is -2.20. The van der Waals surface area contributed by atoms with E-state index < -0.39 is 0 Å². The van der Waals surface area contributed by atoms with Crippen molar-refractivity contribution in [1.82, 2.24) is 10.3 Å². The quantitative estimate of drug-likeness (QED) is 0.837. The fourth-order valence-electron chi connectivity index (χ4n) is 2.10. The van der Waals surface area contributed by atoms with Crippen molar-refractivity contribution in [1.29, 1.82) is 0 Å². The maximum Gasteiger partial charge on any atom is 0.0709 e. The van der Waals surface area contributed by atoms with Crippen molar-refractivity contribution < 1.29 is 0 Å². The van der Waals surface area contributed by atoms with Crippen LogP contribution < -0.4 is 5.32 Å². The summed E-state index contributed by atoms with van der Waals surface area (Å²) in [5.41, 5.74) is 3.57. The smallest absolute Gasteiger partial charge is 0.0709 e. The van der Waals surface area contributed by atoms with E-state index in [1.807, 2.05) is 12.1 Å². The molecule has 0 unspecified atom stereocenters. The van der Waals surface area contributed by atoms with Crippen LogP contribution in [-0.2, 0) is 0 Å². The van der Waals surface area contributed by atoms with Crippen LogP contribution in [0.3, 0.4) is 0 Å². The van der Waals surface area contributed by atoms with Gasteiger partial charge in [-0.2, -0.15) is 0 Å². The van der Waals surface area contributed by atoms with Crippen LogP contribution in [0.15, 0.2) is 42.5 Å². The first kappa shape index (κ1) is 12.1. The first-order chi connectivity index (χ1) is 7.93. The third-order valence-electron chi connectivity index (χ3n) is 2.99. The molecule has 3 rings (SSSR count). The van der Waals surface area contributed by atoms with E-state index in [4.69, 9.17) is 4.98 Å². The van der Waals surface area contributed by atoms with Gasteiger partial charge >= 0.3 is 0 Å². The molecule has 2 nitrogen and oxygen atoms in total. The van der Waals surface area contributed by atoms with Crippen molar-refractivity contribution in [2.24, 2.45) is 0 Å². The Bertz CT molecular complexity index is 549. The fraction of sp³-hybridized carbons (Fsp3) is 0.214. The second-order valence-electron chi connectivity index (χ2n) is 4.07. The lowest BCUT2D eigenvalue weighted by Gasteiger charge is -2.13. The van der Waals surface area contributed by atoms with Crippen LogP contribution in [0.25, 0.3) is 16.5 Å². The Balaban J connectivity index is 0.00000108. The number of para-hydroxylation sites is 1. The van der Waals surface area contributed by atoms with Crippen molar-refractivity contribution in [2.75, 3.05) is 13.1 Å². The number of benzene rings is 1. The molecular formula is C14H15ClN2. The molecule has 1 aliphatic rings. The zero-order valence-electron chi connectivity index (χ0n) is 9.52. The highest BCUT2D eigenvalue weighted by Crippen LogP contribution is 2.20. The Kier molecular flexibility index (Phi) is 3.77. The van der Waals surface area contributed by atoms with E-state index in [1.165, 1.54) is 11.0 Å². The molecule has 2 heterocycles. The van der Waals surface area contributed by atoms with Crippen LogP contribution in [0.5, 0.6) is 0 Å². The van der Waals surface area contributed by atoms with E-state index >= 15 is 0 Å². The summed E-state index contributed by atoms with van der Waals surface area (Å²) in [6.07, 6.45) is 3.31. The largest absolute Gasteiger partial charge is 0.313 e. The summed E-state index contributed by atoms with van der Waals surface area (Å²) in [5, 5.41) is 4.53. The molecule has 0 amide bonds. The molecule has 0 radical (unpaired) electrons. The summed E-state index contributed by atoms with van der Waals surface area (Å²) in [4.78, 5) is 4.70. The van der Waals surface area contributed by atoms with E-state index in [-0.39, 0.29) is 12.4 Å². The van der Waals surface area contributed by atoms with E-state index in [1.54, 1.807) is 0 Å². The average Bonchev–Trinajstić information content (AvgIpc) is 2.39. The van der Waals surface area contributed by atoms with Crippen molar-refractivity contribution in [3.05, 3.63) is 48.2 Å². The summed E-state index contributed by atoms with van der Waals surface area (Å²) in [5.74, 6) is 0. The van der Waals surface area contributed by atoms with Gasteiger partial charge in [-0.3, -0.25) is 0 Å². The number of aromatic nitrogens is 1. The van der Waals surface area contributed by atoms with Crippen LogP contribution in [0.2, 0.25) is 0 Å². The summed E-state index contributed by atoms with van der Waals surface area (Å²) in [7, 11) is 0. The number of nitrogens with one attached hydrogen (secondary N) is 1. The van der Waals surface area contributed by atoms with E-state index in [9.17, 15) is 0 Å². The second-order valence-corrected chi connectivity index (χ2v) is 4.07. The number of fused-ring (bicyclic) bond motifs is 1. The number of pyridine rings is 1. The lowest BCUT2D eigenvalue weighted by atomic mass is 10.0. The maximum atomic E-state index is 4.70. The number of hydrogen-bond acceptors (Lipinski definition) is 2. The molecule has 0 aliphatic carbocycles. The zero-order valence-corrected chi connectivity index (χ0v) is 10.3. The molecule has 1 aromatic heterocycles. The Morgan fingerprint density at radius 2 is 1.94 bits per heavy atom. The lowest BCUT2D eigenvalue weighted by molar-refractivity contribution is 0.737. The number of nitrogens with zero attached hydrogens (tertiary/aromatic N) is 1. The van der Waals surface area contributed by atoms with Crippen molar-refractivity contribution in [2.45, 2.75) is 6.42 Å². The summed E-state index contributed by atoms with van der Waals surface area (Å²) in [6.45, 7) is 2.02. The molecule has 0 atom stereocenters. The summed E-state index contributed by atoms with van der Waals surface area (Å²) in [6, 6.07) is 12.5. The van der Waals surface area contributed by atoms with E-state index in [2.05, 4.69) is 35.7 Å². The molecule has 2 aromatic rings. The predicted octanol–water partition coefficient (Wildman–Crippen LogP) is 3.03. The fourth-order valence-corrected chi connectivity index (χ4v) is 2.10. The SMILES string of the molecule is C1=C(c2ccc3ccccc3n2)CCNC1.Cl. The highest BCUT2D eigenvalue weighted by atomic mass is 35.5. The van der Waals surface area contributed by atoms with Gasteiger partial charge in [0.15, 0.2) is 0 Å². The normalized spacial score (nSPS) is 15.2. The highest BCUT2D eigenvalue weighted by molar-refractivity contribution is 5.85. The average molecular weight is 247 g/mol. The minimum Gasteiger partial charge on any atom is -0.313 e. The first-order valence-electron chi connectivity index (χ1n) is 5.69. The maximum absolute atomic E-state index is 4.70. The topological polar surface area (TPSA) is 24.9 Å². The molecule has 0 saturated heterocycles. The van der Waals surface area contributed by atoms with Crippen molar-refractivity contribution >= 4 is 28.9 Å². The van der Waals surface area contributed by atoms with Gasteiger partial charge in [0, 0.05) is 11.9 Å². The zero-order chi connectivity index (χ0) is 10.8. The van der Waals surface area contributed by atoms with Gasteiger partial charge in [0.1, 0.15) is 0 Å². The summed E-state index contributed by atoms with van der Waals surface area (Å²) < 4.78 is 0. The van der Waals surface area contributed by atoms with Gasteiger partial charge in [-0.1, -0.05) is 30.3 Å². The minimum absolute atomic E-state index is 0. The van der Waals surface area contributed by atoms with Gasteiger partial charge in [-0.05, 0) is 30.7 Å². The molecule has 3 heteroatoms. The third kappa shape index (κ3) is 2.48. The van der Waals surface area contributed by atoms with Crippen LogP contribution in [0, 0.1) is 0 Å².